The van der Waals surface area contributed by atoms with E-state index in [2.05, 4.69) is 0 Å². The van der Waals surface area contributed by atoms with Gasteiger partial charge in [-0.05, 0) is 35.4 Å². The van der Waals surface area contributed by atoms with Crippen LogP contribution in [0.25, 0.3) is 0 Å². The van der Waals surface area contributed by atoms with Crippen molar-refractivity contribution in [2.75, 3.05) is 7.11 Å². The van der Waals surface area contributed by atoms with Gasteiger partial charge in [0.15, 0.2) is 11.6 Å². The van der Waals surface area contributed by atoms with Gasteiger partial charge in [-0.15, -0.1) is 0 Å². The average Bonchev–Trinajstić information content (AvgIpc) is 2.40. The van der Waals surface area contributed by atoms with Gasteiger partial charge in [-0.1, -0.05) is 23.7 Å². The molecule has 2 aromatic carbocycles. The molecular weight excluding hydrogens is 286 g/mol. The molecule has 20 heavy (non-hydrogen) atoms. The minimum atomic E-state index is -1.05. The van der Waals surface area contributed by atoms with Crippen molar-refractivity contribution in [3.05, 3.63) is 64.2 Å². The predicted octanol–water partition coefficient (Wildman–Crippen LogP) is 3.90. The van der Waals surface area contributed by atoms with E-state index in [1.165, 1.54) is 25.3 Å². The molecule has 106 valence electrons. The third-order valence-corrected chi connectivity index (χ3v) is 3.16. The predicted molar refractivity (Wildman–Crippen MR) is 73.0 cm³/mol. The fourth-order valence-corrected chi connectivity index (χ4v) is 2.20. The number of benzene rings is 2. The van der Waals surface area contributed by atoms with Crippen LogP contribution in [0.5, 0.6) is 5.75 Å². The smallest absolute Gasteiger partial charge is 0.168 e. The van der Waals surface area contributed by atoms with Crippen molar-refractivity contribution in [1.82, 2.24) is 0 Å². The standard InChI is InChI=1S/C15H13ClF2O2/c1-20-14-4-2-3-9(15(14)18)7-13(19)10-5-11(16)8-12(17)6-10/h2-6,8,13,19H,7H2,1H3. The number of rotatable bonds is 4. The summed E-state index contributed by atoms with van der Waals surface area (Å²) in [4.78, 5) is 0. The van der Waals surface area contributed by atoms with E-state index in [1.54, 1.807) is 12.1 Å². The molecule has 0 saturated carbocycles. The maximum atomic E-state index is 14.0. The minimum Gasteiger partial charge on any atom is -0.494 e. The summed E-state index contributed by atoms with van der Waals surface area (Å²) < 4.78 is 32.1. The van der Waals surface area contributed by atoms with E-state index in [1.807, 2.05) is 0 Å². The Balaban J connectivity index is 2.25. The summed E-state index contributed by atoms with van der Waals surface area (Å²) in [5.74, 6) is -0.971. The number of methoxy groups -OCH3 is 1. The van der Waals surface area contributed by atoms with Crippen LogP contribution < -0.4 is 4.74 Å². The summed E-state index contributed by atoms with van der Waals surface area (Å²) in [6.07, 6.45) is -1.05. The first-order valence-electron chi connectivity index (χ1n) is 5.96. The molecule has 2 rings (SSSR count). The van der Waals surface area contributed by atoms with Crippen molar-refractivity contribution in [3.8, 4) is 5.75 Å². The molecule has 1 atom stereocenters. The van der Waals surface area contributed by atoms with Crippen LogP contribution in [0, 0.1) is 11.6 Å². The molecule has 0 aromatic heterocycles. The average molecular weight is 299 g/mol. The Morgan fingerprint density at radius 2 is 2.00 bits per heavy atom. The van der Waals surface area contributed by atoms with Crippen LogP contribution in [-0.2, 0) is 6.42 Å². The highest BCUT2D eigenvalue weighted by Crippen LogP contribution is 2.26. The highest BCUT2D eigenvalue weighted by molar-refractivity contribution is 6.30. The first-order chi connectivity index (χ1) is 9.51. The fraction of sp³-hybridized carbons (Fsp3) is 0.200. The number of aliphatic hydroxyl groups is 1. The van der Waals surface area contributed by atoms with Crippen LogP contribution in [0.1, 0.15) is 17.2 Å². The number of aliphatic hydroxyl groups excluding tert-OH is 1. The molecule has 2 aromatic rings. The zero-order valence-corrected chi connectivity index (χ0v) is 11.5. The molecule has 1 unspecified atom stereocenters. The zero-order valence-electron chi connectivity index (χ0n) is 10.7. The third kappa shape index (κ3) is 3.26. The lowest BCUT2D eigenvalue weighted by molar-refractivity contribution is 0.176. The van der Waals surface area contributed by atoms with E-state index in [0.29, 0.717) is 5.56 Å². The van der Waals surface area contributed by atoms with Gasteiger partial charge in [-0.3, -0.25) is 0 Å². The summed E-state index contributed by atoms with van der Waals surface area (Å²) in [5.41, 5.74) is 0.592. The molecule has 0 spiro atoms. The maximum absolute atomic E-state index is 14.0. The van der Waals surface area contributed by atoms with E-state index in [9.17, 15) is 13.9 Å². The molecule has 5 heteroatoms. The zero-order chi connectivity index (χ0) is 14.7. The van der Waals surface area contributed by atoms with Crippen LogP contribution in [0.4, 0.5) is 8.78 Å². The van der Waals surface area contributed by atoms with Crippen LogP contribution in [0.2, 0.25) is 5.02 Å². The quantitative estimate of drug-likeness (QED) is 0.927. The molecule has 0 aliphatic carbocycles. The van der Waals surface area contributed by atoms with Gasteiger partial charge in [-0.2, -0.15) is 0 Å². The Morgan fingerprint density at radius 1 is 1.25 bits per heavy atom. The van der Waals surface area contributed by atoms with Crippen molar-refractivity contribution in [2.45, 2.75) is 12.5 Å². The van der Waals surface area contributed by atoms with E-state index in [-0.39, 0.29) is 22.8 Å². The van der Waals surface area contributed by atoms with Crippen molar-refractivity contribution in [2.24, 2.45) is 0 Å². The highest BCUT2D eigenvalue weighted by Gasteiger charge is 2.15. The Morgan fingerprint density at radius 3 is 2.65 bits per heavy atom. The summed E-state index contributed by atoms with van der Waals surface area (Å²) in [6.45, 7) is 0. The Labute approximate surface area is 120 Å². The molecule has 1 N–H and O–H groups in total. The lowest BCUT2D eigenvalue weighted by Gasteiger charge is -2.13. The van der Waals surface area contributed by atoms with Crippen molar-refractivity contribution < 1.29 is 18.6 Å². The van der Waals surface area contributed by atoms with Gasteiger partial charge in [0, 0.05) is 11.4 Å². The minimum absolute atomic E-state index is 0.00279. The van der Waals surface area contributed by atoms with Gasteiger partial charge in [0.05, 0.1) is 13.2 Å². The summed E-state index contributed by atoms with van der Waals surface area (Å²) >= 11 is 5.73. The van der Waals surface area contributed by atoms with Crippen LogP contribution in [0.15, 0.2) is 36.4 Å². The van der Waals surface area contributed by atoms with Gasteiger partial charge >= 0.3 is 0 Å². The molecule has 0 saturated heterocycles. The van der Waals surface area contributed by atoms with Gasteiger partial charge in [0.25, 0.3) is 0 Å². The molecule has 0 radical (unpaired) electrons. The van der Waals surface area contributed by atoms with E-state index in [0.717, 1.165) is 6.07 Å². The highest BCUT2D eigenvalue weighted by atomic mass is 35.5. The van der Waals surface area contributed by atoms with E-state index < -0.39 is 17.7 Å². The Hall–Kier alpha value is -1.65. The molecule has 0 aliphatic rings. The fourth-order valence-electron chi connectivity index (χ4n) is 1.97. The molecule has 0 bridgehead atoms. The van der Waals surface area contributed by atoms with Crippen LogP contribution in [0.3, 0.4) is 0 Å². The molecule has 0 amide bonds. The Kier molecular flexibility index (Phi) is 4.57. The third-order valence-electron chi connectivity index (χ3n) is 2.95. The number of halogens is 3. The topological polar surface area (TPSA) is 29.5 Å². The van der Waals surface area contributed by atoms with E-state index >= 15 is 0 Å². The second-order valence-electron chi connectivity index (χ2n) is 4.36. The van der Waals surface area contributed by atoms with E-state index in [4.69, 9.17) is 16.3 Å². The molecule has 2 nitrogen and oxygen atoms in total. The SMILES string of the molecule is COc1cccc(CC(O)c2cc(F)cc(Cl)c2)c1F. The summed E-state index contributed by atoms with van der Waals surface area (Å²) in [6, 6.07) is 8.43. The van der Waals surface area contributed by atoms with Crippen LogP contribution >= 0.6 is 11.6 Å². The second kappa shape index (κ2) is 6.20. The van der Waals surface area contributed by atoms with Gasteiger partial charge in [0.1, 0.15) is 5.82 Å². The van der Waals surface area contributed by atoms with Crippen LogP contribution in [-0.4, -0.2) is 12.2 Å². The van der Waals surface area contributed by atoms with Gasteiger partial charge < -0.3 is 9.84 Å². The maximum Gasteiger partial charge on any atom is 0.168 e. The first-order valence-corrected chi connectivity index (χ1v) is 6.34. The van der Waals surface area contributed by atoms with Crippen molar-refractivity contribution >= 4 is 11.6 Å². The first kappa shape index (κ1) is 14.8. The number of hydrogen-bond acceptors (Lipinski definition) is 2. The normalized spacial score (nSPS) is 12.2. The molecular formula is C15H13ClF2O2. The summed E-state index contributed by atoms with van der Waals surface area (Å²) in [5, 5.41) is 10.3. The lowest BCUT2D eigenvalue weighted by Crippen LogP contribution is -2.05. The van der Waals surface area contributed by atoms with Crippen molar-refractivity contribution in [3.63, 3.8) is 0 Å². The molecule has 0 aliphatic heterocycles. The van der Waals surface area contributed by atoms with Gasteiger partial charge in [0.2, 0.25) is 0 Å². The number of hydrogen-bond donors (Lipinski definition) is 1. The molecule has 0 heterocycles. The van der Waals surface area contributed by atoms with Gasteiger partial charge in [-0.25, -0.2) is 8.78 Å². The number of ether oxygens (including phenoxy) is 1. The molecule has 0 fully saturated rings. The monoisotopic (exact) mass is 298 g/mol. The second-order valence-corrected chi connectivity index (χ2v) is 4.79. The lowest BCUT2D eigenvalue weighted by atomic mass is 10.0. The summed E-state index contributed by atoms with van der Waals surface area (Å²) in [7, 11) is 1.37. The largest absolute Gasteiger partial charge is 0.494 e. The Bertz CT molecular complexity index is 597. The van der Waals surface area contributed by atoms with Crippen molar-refractivity contribution in [1.29, 1.82) is 0 Å².